The minimum absolute atomic E-state index is 0.0242. The SMILES string of the molecule is O=C(O)c1ccc(N(Cc2cccc(Br)c2O)C(=O)OCC2c3ccccc3-c3ccccc32)cc1. The highest BCUT2D eigenvalue weighted by Crippen LogP contribution is 2.44. The van der Waals surface area contributed by atoms with Gasteiger partial charge in [0.2, 0.25) is 0 Å². The van der Waals surface area contributed by atoms with Gasteiger partial charge in [-0.05, 0) is 68.5 Å². The van der Waals surface area contributed by atoms with Crippen LogP contribution in [0.2, 0.25) is 0 Å². The number of amides is 1. The molecule has 0 aliphatic heterocycles. The third kappa shape index (κ3) is 4.45. The highest BCUT2D eigenvalue weighted by atomic mass is 79.9. The van der Waals surface area contributed by atoms with Crippen molar-refractivity contribution in [2.24, 2.45) is 0 Å². The Morgan fingerprint density at radius 1 is 0.833 bits per heavy atom. The number of carbonyl (C=O) groups excluding carboxylic acids is 1. The second-order valence-electron chi connectivity index (χ2n) is 8.49. The predicted octanol–water partition coefficient (Wildman–Crippen LogP) is 6.81. The van der Waals surface area contributed by atoms with Gasteiger partial charge in [0.25, 0.3) is 0 Å². The van der Waals surface area contributed by atoms with E-state index in [1.165, 1.54) is 17.0 Å². The number of hydrogen-bond donors (Lipinski definition) is 2. The fourth-order valence-electron chi connectivity index (χ4n) is 4.58. The molecule has 1 amide bonds. The molecule has 0 saturated heterocycles. The maximum absolute atomic E-state index is 13.4. The van der Waals surface area contributed by atoms with Gasteiger partial charge in [0.1, 0.15) is 12.4 Å². The summed E-state index contributed by atoms with van der Waals surface area (Å²) in [6.45, 7) is 0.176. The number of carbonyl (C=O) groups is 2. The van der Waals surface area contributed by atoms with Crippen LogP contribution in [0.5, 0.6) is 5.75 Å². The van der Waals surface area contributed by atoms with Gasteiger partial charge in [-0.25, -0.2) is 9.59 Å². The van der Waals surface area contributed by atoms with Gasteiger partial charge in [-0.3, -0.25) is 4.90 Å². The summed E-state index contributed by atoms with van der Waals surface area (Å²) in [5.74, 6) is -1.13. The minimum atomic E-state index is -1.06. The van der Waals surface area contributed by atoms with Crippen molar-refractivity contribution in [2.75, 3.05) is 11.5 Å². The van der Waals surface area contributed by atoms with E-state index in [2.05, 4.69) is 40.2 Å². The summed E-state index contributed by atoms with van der Waals surface area (Å²) in [6, 6.07) is 27.4. The molecule has 0 fully saturated rings. The lowest BCUT2D eigenvalue weighted by molar-refractivity contribution is 0.0697. The fourth-order valence-corrected chi connectivity index (χ4v) is 4.98. The Balaban J connectivity index is 1.43. The van der Waals surface area contributed by atoms with E-state index < -0.39 is 12.1 Å². The van der Waals surface area contributed by atoms with Crippen molar-refractivity contribution >= 4 is 33.7 Å². The third-order valence-electron chi connectivity index (χ3n) is 6.38. The first-order valence-corrected chi connectivity index (χ1v) is 12.2. The molecule has 1 aliphatic rings. The van der Waals surface area contributed by atoms with Crippen molar-refractivity contribution in [1.29, 1.82) is 0 Å². The van der Waals surface area contributed by atoms with Gasteiger partial charge in [-0.1, -0.05) is 60.7 Å². The lowest BCUT2D eigenvalue weighted by atomic mass is 9.98. The van der Waals surface area contributed by atoms with Crippen LogP contribution in [0.25, 0.3) is 11.1 Å². The number of halogens is 1. The highest BCUT2D eigenvalue weighted by molar-refractivity contribution is 9.10. The molecule has 6 nitrogen and oxygen atoms in total. The smallest absolute Gasteiger partial charge is 0.414 e. The van der Waals surface area contributed by atoms with Gasteiger partial charge in [-0.2, -0.15) is 0 Å². The maximum Gasteiger partial charge on any atom is 0.414 e. The van der Waals surface area contributed by atoms with E-state index in [-0.39, 0.29) is 30.4 Å². The summed E-state index contributed by atoms with van der Waals surface area (Å²) in [6.07, 6.45) is -0.598. The van der Waals surface area contributed by atoms with Crippen molar-refractivity contribution in [2.45, 2.75) is 12.5 Å². The number of aromatic carboxylic acids is 1. The van der Waals surface area contributed by atoms with E-state index >= 15 is 0 Å². The molecule has 4 aromatic carbocycles. The predicted molar refractivity (Wildman–Crippen MR) is 140 cm³/mol. The molecule has 0 saturated carbocycles. The molecule has 0 unspecified atom stereocenters. The molecule has 1 aliphatic carbocycles. The standard InChI is InChI=1S/C29H22BrNO5/c30-26-11-5-6-19(27(26)32)16-31(20-14-12-18(13-15-20)28(33)34)29(35)36-17-25-23-9-3-1-7-21(23)22-8-2-4-10-24(22)25/h1-15,25,32H,16-17H2,(H,33,34). The number of nitrogens with zero attached hydrogens (tertiary/aromatic N) is 1. The first-order valence-electron chi connectivity index (χ1n) is 11.4. The zero-order valence-corrected chi connectivity index (χ0v) is 20.7. The maximum atomic E-state index is 13.4. The van der Waals surface area contributed by atoms with Crippen LogP contribution in [0.15, 0.2) is 95.5 Å². The summed E-state index contributed by atoms with van der Waals surface area (Å²) in [5, 5.41) is 19.8. The van der Waals surface area contributed by atoms with E-state index in [1.54, 1.807) is 30.3 Å². The van der Waals surface area contributed by atoms with Crippen LogP contribution in [0.3, 0.4) is 0 Å². The van der Waals surface area contributed by atoms with Crippen LogP contribution in [0, 0.1) is 0 Å². The number of phenolic OH excluding ortho intramolecular Hbond substituents is 1. The van der Waals surface area contributed by atoms with Crippen LogP contribution >= 0.6 is 15.9 Å². The van der Waals surface area contributed by atoms with Crippen molar-refractivity contribution < 1.29 is 24.5 Å². The van der Waals surface area contributed by atoms with Gasteiger partial charge in [-0.15, -0.1) is 0 Å². The van der Waals surface area contributed by atoms with E-state index in [9.17, 15) is 19.8 Å². The fraction of sp³-hybridized carbons (Fsp3) is 0.103. The normalized spacial score (nSPS) is 12.0. The molecule has 36 heavy (non-hydrogen) atoms. The van der Waals surface area contributed by atoms with Gasteiger partial charge < -0.3 is 14.9 Å². The van der Waals surface area contributed by atoms with Crippen LogP contribution in [0.1, 0.15) is 33.0 Å². The van der Waals surface area contributed by atoms with E-state index in [4.69, 9.17) is 4.74 Å². The molecule has 7 heteroatoms. The van der Waals surface area contributed by atoms with Crippen molar-refractivity contribution in [3.63, 3.8) is 0 Å². The summed E-state index contributed by atoms with van der Waals surface area (Å²) >= 11 is 3.31. The molecule has 0 atom stereocenters. The number of anilines is 1. The Bertz CT molecular complexity index is 1410. The Hall–Kier alpha value is -4.10. The molecule has 0 aromatic heterocycles. The third-order valence-corrected chi connectivity index (χ3v) is 7.02. The average molecular weight is 544 g/mol. The Morgan fingerprint density at radius 3 is 2.06 bits per heavy atom. The summed E-state index contributed by atoms with van der Waals surface area (Å²) < 4.78 is 6.36. The molecule has 0 bridgehead atoms. The molecule has 0 radical (unpaired) electrons. The van der Waals surface area contributed by atoms with Gasteiger partial charge in [0.05, 0.1) is 16.6 Å². The minimum Gasteiger partial charge on any atom is -0.506 e. The lowest BCUT2D eigenvalue weighted by Gasteiger charge is -2.24. The van der Waals surface area contributed by atoms with Gasteiger partial charge in [0.15, 0.2) is 0 Å². The number of ether oxygens (including phenoxy) is 1. The highest BCUT2D eigenvalue weighted by Gasteiger charge is 2.30. The summed E-state index contributed by atoms with van der Waals surface area (Å²) in [4.78, 5) is 26.1. The molecule has 5 rings (SSSR count). The molecule has 180 valence electrons. The molecule has 0 spiro atoms. The Labute approximate surface area is 216 Å². The zero-order chi connectivity index (χ0) is 25.2. The summed E-state index contributed by atoms with van der Waals surface area (Å²) in [7, 11) is 0. The second kappa shape index (κ2) is 9.87. The number of fused-ring (bicyclic) bond motifs is 3. The number of aromatic hydroxyl groups is 1. The van der Waals surface area contributed by atoms with Crippen molar-refractivity contribution in [3.05, 3.63) is 118 Å². The molecule has 2 N–H and O–H groups in total. The first-order chi connectivity index (χ1) is 17.4. The number of para-hydroxylation sites is 1. The number of hydrogen-bond acceptors (Lipinski definition) is 4. The van der Waals surface area contributed by atoms with Crippen LogP contribution < -0.4 is 4.90 Å². The van der Waals surface area contributed by atoms with Gasteiger partial charge in [0, 0.05) is 17.2 Å². The van der Waals surface area contributed by atoms with Crippen molar-refractivity contribution in [1.82, 2.24) is 0 Å². The number of rotatable bonds is 6. The number of phenols is 1. The van der Waals surface area contributed by atoms with Crippen LogP contribution in [-0.4, -0.2) is 28.9 Å². The number of benzene rings is 4. The Kier molecular flexibility index (Phi) is 6.48. The van der Waals surface area contributed by atoms with E-state index in [0.29, 0.717) is 15.7 Å². The topological polar surface area (TPSA) is 87.1 Å². The second-order valence-corrected chi connectivity index (χ2v) is 9.34. The van der Waals surface area contributed by atoms with E-state index in [1.807, 2.05) is 24.3 Å². The monoisotopic (exact) mass is 543 g/mol. The first kappa shape index (κ1) is 23.6. The summed E-state index contributed by atoms with van der Waals surface area (Å²) in [5.41, 5.74) is 5.55. The molecule has 4 aromatic rings. The number of carboxylic acids is 1. The lowest BCUT2D eigenvalue weighted by Crippen LogP contribution is -2.32. The van der Waals surface area contributed by atoms with Gasteiger partial charge >= 0.3 is 12.1 Å². The zero-order valence-electron chi connectivity index (χ0n) is 19.1. The van der Waals surface area contributed by atoms with Crippen LogP contribution in [0.4, 0.5) is 10.5 Å². The quantitative estimate of drug-likeness (QED) is 0.279. The Morgan fingerprint density at radius 2 is 1.44 bits per heavy atom. The van der Waals surface area contributed by atoms with Crippen molar-refractivity contribution in [3.8, 4) is 16.9 Å². The molecular weight excluding hydrogens is 522 g/mol. The number of carboxylic acid groups (broad SMARTS) is 1. The van der Waals surface area contributed by atoms with E-state index in [0.717, 1.165) is 22.3 Å². The van der Waals surface area contributed by atoms with Crippen LogP contribution in [-0.2, 0) is 11.3 Å². The molecular formula is C29H22BrNO5. The largest absolute Gasteiger partial charge is 0.506 e. The molecule has 0 heterocycles. The average Bonchev–Trinajstić information content (AvgIpc) is 3.22.